The second-order valence-electron chi connectivity index (χ2n) is 10.1. The highest BCUT2D eigenvalue weighted by molar-refractivity contribution is 5.46. The van der Waals surface area contributed by atoms with Crippen LogP contribution in [0, 0.1) is 0 Å². The van der Waals surface area contributed by atoms with E-state index in [-0.39, 0.29) is 6.10 Å². The molecule has 5 rings (SSSR count). The van der Waals surface area contributed by atoms with Crippen LogP contribution in [0.5, 0.6) is 11.5 Å². The van der Waals surface area contributed by atoms with Gasteiger partial charge in [0.25, 0.3) is 0 Å². The minimum Gasteiger partial charge on any atom is -0.493 e. The molecule has 2 atom stereocenters. The number of nitrogens with one attached hydrogen (secondary N) is 1. The molecular weight excluding hydrogens is 468 g/mol. The fourth-order valence-corrected chi connectivity index (χ4v) is 4.97. The highest BCUT2D eigenvalue weighted by Crippen LogP contribution is 2.39. The van der Waals surface area contributed by atoms with Gasteiger partial charge < -0.3 is 19.3 Å². The Morgan fingerprint density at radius 3 is 2.76 bits per heavy atom. The van der Waals surface area contributed by atoms with Crippen molar-refractivity contribution < 1.29 is 19.3 Å². The summed E-state index contributed by atoms with van der Waals surface area (Å²) in [5.41, 5.74) is 5.13. The standard InChI is InChI=1S/C29H38N4O4/c1-20-17-33(12-13-36-20)18-21-6-4-7-22(14-21)19-37-27-9-5-8-24(28(27)35-3)16-30-29(34)26-15-25(23-10-11-23)31-32(26)2/h4-9,14-15,20,23,29-30,34H,10-13,16-19H2,1-3H3. The lowest BCUT2D eigenvalue weighted by atomic mass is 10.1. The summed E-state index contributed by atoms with van der Waals surface area (Å²) < 4.78 is 19.3. The quantitative estimate of drug-likeness (QED) is 0.382. The van der Waals surface area contributed by atoms with Crippen molar-refractivity contribution in [3.05, 3.63) is 76.6 Å². The average molecular weight is 507 g/mol. The molecule has 1 aromatic heterocycles. The molecule has 2 aromatic carbocycles. The lowest BCUT2D eigenvalue weighted by molar-refractivity contribution is -0.0212. The molecule has 0 spiro atoms. The van der Waals surface area contributed by atoms with Crippen LogP contribution < -0.4 is 14.8 Å². The second kappa shape index (κ2) is 11.6. The molecule has 1 saturated carbocycles. The Bertz CT molecular complexity index is 1190. The van der Waals surface area contributed by atoms with Crippen LogP contribution in [0.15, 0.2) is 48.5 Å². The molecule has 37 heavy (non-hydrogen) atoms. The van der Waals surface area contributed by atoms with Crippen molar-refractivity contribution in [1.29, 1.82) is 0 Å². The van der Waals surface area contributed by atoms with Gasteiger partial charge in [-0.05, 0) is 43.0 Å². The first-order chi connectivity index (χ1) is 18.0. The largest absolute Gasteiger partial charge is 0.493 e. The third-order valence-electron chi connectivity index (χ3n) is 7.08. The van der Waals surface area contributed by atoms with E-state index in [1.54, 1.807) is 11.8 Å². The summed E-state index contributed by atoms with van der Waals surface area (Å²) in [4.78, 5) is 2.43. The van der Waals surface area contributed by atoms with Gasteiger partial charge >= 0.3 is 0 Å². The molecule has 3 aromatic rings. The smallest absolute Gasteiger partial charge is 0.165 e. The van der Waals surface area contributed by atoms with E-state index in [1.165, 1.54) is 18.4 Å². The van der Waals surface area contributed by atoms with Gasteiger partial charge in [0, 0.05) is 44.7 Å². The number of aromatic nitrogens is 2. The van der Waals surface area contributed by atoms with E-state index < -0.39 is 6.23 Å². The molecule has 198 valence electrons. The van der Waals surface area contributed by atoms with Crippen LogP contribution >= 0.6 is 0 Å². The van der Waals surface area contributed by atoms with Crippen molar-refractivity contribution in [2.45, 2.75) is 57.7 Å². The number of nitrogens with zero attached hydrogens (tertiary/aromatic N) is 3. The third-order valence-corrected chi connectivity index (χ3v) is 7.08. The van der Waals surface area contributed by atoms with Crippen LogP contribution in [0.1, 0.15) is 60.0 Å². The summed E-state index contributed by atoms with van der Waals surface area (Å²) in [5.74, 6) is 1.90. The van der Waals surface area contributed by atoms with Gasteiger partial charge in [-0.1, -0.05) is 36.4 Å². The molecule has 0 bridgehead atoms. The van der Waals surface area contributed by atoms with E-state index in [9.17, 15) is 5.11 Å². The van der Waals surface area contributed by atoms with Crippen LogP contribution in [0.3, 0.4) is 0 Å². The van der Waals surface area contributed by atoms with Gasteiger partial charge in [0.1, 0.15) is 12.8 Å². The van der Waals surface area contributed by atoms with E-state index in [1.807, 2.05) is 31.3 Å². The Labute approximate surface area is 219 Å². The van der Waals surface area contributed by atoms with Crippen molar-refractivity contribution in [3.8, 4) is 11.5 Å². The number of morpholine rings is 1. The van der Waals surface area contributed by atoms with Crippen LogP contribution in [0.4, 0.5) is 0 Å². The molecule has 2 N–H and O–H groups in total. The maximum absolute atomic E-state index is 10.8. The molecular formula is C29H38N4O4. The first-order valence-corrected chi connectivity index (χ1v) is 13.2. The van der Waals surface area contributed by atoms with Gasteiger partial charge in [-0.3, -0.25) is 14.9 Å². The summed E-state index contributed by atoms with van der Waals surface area (Å²) >= 11 is 0. The SMILES string of the molecule is COc1c(CNC(O)c2cc(C3CC3)nn2C)cccc1OCc1cccc(CN2CCOC(C)C2)c1. The van der Waals surface area contributed by atoms with E-state index in [0.29, 0.717) is 30.6 Å². The number of aliphatic hydroxyl groups excluding tert-OH is 1. The number of hydrogen-bond acceptors (Lipinski definition) is 7. The third kappa shape index (κ3) is 6.51. The van der Waals surface area contributed by atoms with Crippen LogP contribution in [0.25, 0.3) is 0 Å². The topological polar surface area (TPSA) is 81.0 Å². The molecule has 2 fully saturated rings. The number of benzene rings is 2. The minimum atomic E-state index is -0.823. The summed E-state index contributed by atoms with van der Waals surface area (Å²) in [7, 11) is 3.52. The predicted molar refractivity (Wildman–Crippen MR) is 141 cm³/mol. The fourth-order valence-electron chi connectivity index (χ4n) is 4.97. The van der Waals surface area contributed by atoms with Crippen molar-refractivity contribution in [2.75, 3.05) is 26.8 Å². The Balaban J connectivity index is 1.20. The zero-order valence-electron chi connectivity index (χ0n) is 22.0. The lowest BCUT2D eigenvalue weighted by Crippen LogP contribution is -2.40. The van der Waals surface area contributed by atoms with Crippen LogP contribution in [0.2, 0.25) is 0 Å². The monoisotopic (exact) mass is 506 g/mol. The normalized spacial score (nSPS) is 19.1. The van der Waals surface area contributed by atoms with Gasteiger partial charge in [0.05, 0.1) is 31.2 Å². The van der Waals surface area contributed by atoms with E-state index in [0.717, 1.165) is 48.8 Å². The molecule has 0 amide bonds. The molecule has 2 unspecified atom stereocenters. The summed E-state index contributed by atoms with van der Waals surface area (Å²) in [6.07, 6.45) is 1.82. The minimum absolute atomic E-state index is 0.278. The first-order valence-electron chi connectivity index (χ1n) is 13.2. The zero-order valence-corrected chi connectivity index (χ0v) is 22.0. The number of para-hydroxylation sites is 1. The maximum atomic E-state index is 10.8. The summed E-state index contributed by atoms with van der Waals surface area (Å²) in [6.45, 7) is 6.61. The zero-order chi connectivity index (χ0) is 25.8. The Hall–Kier alpha value is -2.91. The number of ether oxygens (including phenoxy) is 3. The highest BCUT2D eigenvalue weighted by Gasteiger charge is 2.28. The molecule has 2 aliphatic rings. The summed E-state index contributed by atoms with van der Waals surface area (Å²) in [6, 6.07) is 16.4. The lowest BCUT2D eigenvalue weighted by Gasteiger charge is -2.31. The van der Waals surface area contributed by atoms with Gasteiger partial charge in [-0.15, -0.1) is 0 Å². The first kappa shape index (κ1) is 25.7. The number of aliphatic hydroxyl groups is 1. The van der Waals surface area contributed by atoms with Crippen molar-refractivity contribution in [2.24, 2.45) is 7.05 Å². The number of rotatable bonds is 11. The van der Waals surface area contributed by atoms with Crippen LogP contribution in [-0.4, -0.2) is 52.7 Å². The molecule has 0 radical (unpaired) electrons. The van der Waals surface area contributed by atoms with Gasteiger partial charge in [0.15, 0.2) is 11.5 Å². The van der Waals surface area contributed by atoms with Gasteiger partial charge in [-0.2, -0.15) is 5.10 Å². The Kier molecular flexibility index (Phi) is 8.10. The van der Waals surface area contributed by atoms with Crippen molar-refractivity contribution in [3.63, 3.8) is 0 Å². The number of aryl methyl sites for hydroxylation is 1. The second-order valence-corrected chi connectivity index (χ2v) is 10.1. The van der Waals surface area contributed by atoms with Crippen LogP contribution in [-0.2, 0) is 31.5 Å². The number of methoxy groups -OCH3 is 1. The Morgan fingerprint density at radius 2 is 1.97 bits per heavy atom. The van der Waals surface area contributed by atoms with Crippen molar-refractivity contribution >= 4 is 0 Å². The molecule has 1 aliphatic heterocycles. The highest BCUT2D eigenvalue weighted by atomic mass is 16.5. The van der Waals surface area contributed by atoms with E-state index in [2.05, 4.69) is 46.5 Å². The van der Waals surface area contributed by atoms with Gasteiger partial charge in [0.2, 0.25) is 0 Å². The summed E-state index contributed by atoms with van der Waals surface area (Å²) in [5, 5.41) is 18.5. The average Bonchev–Trinajstić information content (AvgIpc) is 3.67. The molecule has 2 heterocycles. The molecule has 1 saturated heterocycles. The van der Waals surface area contributed by atoms with E-state index >= 15 is 0 Å². The van der Waals surface area contributed by atoms with E-state index in [4.69, 9.17) is 14.2 Å². The molecule has 1 aliphatic carbocycles. The molecule has 8 nitrogen and oxygen atoms in total. The number of hydrogen-bond donors (Lipinski definition) is 2. The fraction of sp³-hybridized carbons (Fsp3) is 0.483. The maximum Gasteiger partial charge on any atom is 0.165 e. The van der Waals surface area contributed by atoms with Crippen molar-refractivity contribution in [1.82, 2.24) is 20.0 Å². The predicted octanol–water partition coefficient (Wildman–Crippen LogP) is 3.89. The van der Waals surface area contributed by atoms with Gasteiger partial charge in [-0.25, -0.2) is 0 Å². The Morgan fingerprint density at radius 1 is 1.16 bits per heavy atom. The molecule has 8 heteroatoms.